The average molecular weight is 645 g/mol. The molecule has 2 heterocycles. The second kappa shape index (κ2) is 10.2. The van der Waals surface area contributed by atoms with Gasteiger partial charge < -0.3 is 0 Å². The van der Waals surface area contributed by atoms with Gasteiger partial charge in [-0.15, -0.1) is 23.1 Å². The van der Waals surface area contributed by atoms with Gasteiger partial charge in [-0.3, -0.25) is 0 Å². The second-order valence-corrected chi connectivity index (χ2v) is 15.3. The molecule has 0 bridgehead atoms. The Morgan fingerprint density at radius 1 is 0.438 bits per heavy atom. The summed E-state index contributed by atoms with van der Waals surface area (Å²) < 4.78 is 2.76. The number of thioether (sulfide) groups is 1. The van der Waals surface area contributed by atoms with E-state index in [0.29, 0.717) is 5.92 Å². The monoisotopic (exact) mass is 644 g/mol. The van der Waals surface area contributed by atoms with Gasteiger partial charge >= 0.3 is 0 Å². The van der Waals surface area contributed by atoms with Crippen molar-refractivity contribution in [2.45, 2.75) is 16.1 Å². The molecule has 0 amide bonds. The molecule has 0 saturated carbocycles. The molecule has 2 aliphatic rings. The first kappa shape index (κ1) is 26.9. The third-order valence-corrected chi connectivity index (χ3v) is 13.3. The molecule has 1 aliphatic carbocycles. The van der Waals surface area contributed by atoms with E-state index in [-0.39, 0.29) is 5.25 Å². The fraction of sp³-hybridized carbons (Fsp3) is 0.0435. The molecule has 0 fully saturated rings. The summed E-state index contributed by atoms with van der Waals surface area (Å²) >= 11 is 4.00. The molecule has 1 aliphatic heterocycles. The van der Waals surface area contributed by atoms with Crippen LogP contribution >= 0.6 is 23.1 Å². The highest BCUT2D eigenvalue weighted by Crippen LogP contribution is 2.59. The third kappa shape index (κ3) is 3.68. The maximum Gasteiger partial charge on any atom is 0.0461 e. The Hall–Kier alpha value is -5.15. The van der Waals surface area contributed by atoms with Crippen molar-refractivity contribution in [3.63, 3.8) is 0 Å². The minimum absolute atomic E-state index is 0.289. The van der Waals surface area contributed by atoms with Gasteiger partial charge in [-0.25, -0.2) is 0 Å². The standard InChI is InChI=1S/C46H28S2/c1-2-14-28-27(12-1)13-11-21-30(28)42-31-16-3-5-18-33(31)43(34-19-6-4-17-32(34)42)39-26-38-35(44-37-20-8-10-23-41(37)48-46(39)44)24-25-36-29-15-7-9-22-40(29)47-45(36)38/h1-26,44,46H. The van der Waals surface area contributed by atoms with Crippen LogP contribution in [0.2, 0.25) is 0 Å². The van der Waals surface area contributed by atoms with Crippen molar-refractivity contribution in [1.29, 1.82) is 0 Å². The lowest BCUT2D eigenvalue weighted by atomic mass is 9.75. The summed E-state index contributed by atoms with van der Waals surface area (Å²) in [5.41, 5.74) is 9.75. The lowest BCUT2D eigenvalue weighted by Crippen LogP contribution is -2.19. The van der Waals surface area contributed by atoms with Gasteiger partial charge in [0, 0.05) is 36.2 Å². The summed E-state index contributed by atoms with van der Waals surface area (Å²) in [6.45, 7) is 0. The molecule has 9 aromatic rings. The zero-order valence-electron chi connectivity index (χ0n) is 26.0. The van der Waals surface area contributed by atoms with E-state index in [1.165, 1.54) is 96.3 Å². The summed E-state index contributed by atoms with van der Waals surface area (Å²) in [6.07, 6.45) is 2.58. The van der Waals surface area contributed by atoms with E-state index in [2.05, 4.69) is 169 Å². The highest BCUT2D eigenvalue weighted by Gasteiger charge is 2.42. The van der Waals surface area contributed by atoms with Crippen LogP contribution in [0.4, 0.5) is 0 Å². The van der Waals surface area contributed by atoms with Crippen molar-refractivity contribution in [2.75, 3.05) is 0 Å². The third-order valence-electron chi connectivity index (χ3n) is 10.7. The Morgan fingerprint density at radius 3 is 1.85 bits per heavy atom. The van der Waals surface area contributed by atoms with Crippen LogP contribution in [-0.2, 0) is 0 Å². The SMILES string of the molecule is C1=C(c2c3ccccc3c(-c3cccc4ccccc34)c3ccccc23)C2Sc3ccccc3C2c2ccc3c(sc4ccccc43)c21. The minimum atomic E-state index is 0.289. The van der Waals surface area contributed by atoms with E-state index in [0.717, 1.165) is 0 Å². The molecule has 2 atom stereocenters. The Balaban J connectivity index is 1.28. The highest BCUT2D eigenvalue weighted by molar-refractivity contribution is 8.00. The minimum Gasteiger partial charge on any atom is -0.135 e. The molecule has 48 heavy (non-hydrogen) atoms. The van der Waals surface area contributed by atoms with Gasteiger partial charge in [0.2, 0.25) is 0 Å². The first-order valence-electron chi connectivity index (χ1n) is 16.7. The molecule has 0 nitrogen and oxygen atoms in total. The number of hydrogen-bond donors (Lipinski definition) is 0. The van der Waals surface area contributed by atoms with E-state index in [1.54, 1.807) is 0 Å². The fourth-order valence-corrected chi connectivity index (χ4v) is 11.4. The molecular formula is C46H28S2. The Morgan fingerprint density at radius 2 is 1.06 bits per heavy atom. The lowest BCUT2D eigenvalue weighted by Gasteiger charge is -2.31. The Kier molecular flexibility index (Phi) is 5.70. The van der Waals surface area contributed by atoms with E-state index in [1.807, 2.05) is 11.3 Å². The predicted molar refractivity (Wildman–Crippen MR) is 210 cm³/mol. The molecular weight excluding hydrogens is 617 g/mol. The van der Waals surface area contributed by atoms with Crippen LogP contribution in [0.1, 0.15) is 28.2 Å². The van der Waals surface area contributed by atoms with Crippen LogP contribution < -0.4 is 0 Å². The molecule has 0 radical (unpaired) electrons. The van der Waals surface area contributed by atoms with E-state index in [9.17, 15) is 0 Å². The molecule has 0 spiro atoms. The van der Waals surface area contributed by atoms with E-state index in [4.69, 9.17) is 0 Å². The van der Waals surface area contributed by atoms with E-state index < -0.39 is 0 Å². The summed E-state index contributed by atoms with van der Waals surface area (Å²) in [5.74, 6) is 0.297. The highest BCUT2D eigenvalue weighted by atomic mass is 32.2. The van der Waals surface area contributed by atoms with Crippen molar-refractivity contribution in [1.82, 2.24) is 0 Å². The number of thiophene rings is 1. The molecule has 0 saturated heterocycles. The zero-order chi connectivity index (χ0) is 31.3. The van der Waals surface area contributed by atoms with Crippen molar-refractivity contribution >= 4 is 87.2 Å². The molecule has 2 unspecified atom stereocenters. The first-order valence-corrected chi connectivity index (χ1v) is 18.4. The van der Waals surface area contributed by atoms with Crippen LogP contribution in [-0.4, -0.2) is 5.25 Å². The van der Waals surface area contributed by atoms with Gasteiger partial charge in [-0.2, -0.15) is 0 Å². The second-order valence-electron chi connectivity index (χ2n) is 13.1. The number of benzene rings is 8. The average Bonchev–Trinajstić information content (AvgIpc) is 3.73. The summed E-state index contributed by atoms with van der Waals surface area (Å²) in [7, 11) is 0. The van der Waals surface area contributed by atoms with Crippen molar-refractivity contribution in [2.24, 2.45) is 0 Å². The van der Waals surface area contributed by atoms with Crippen LogP contribution in [0.3, 0.4) is 0 Å². The molecule has 8 aromatic carbocycles. The van der Waals surface area contributed by atoms with Gasteiger partial charge in [-0.1, -0.05) is 140 Å². The molecule has 1 aromatic heterocycles. The van der Waals surface area contributed by atoms with Gasteiger partial charge in [0.05, 0.1) is 0 Å². The van der Waals surface area contributed by atoms with Gasteiger partial charge in [0.25, 0.3) is 0 Å². The summed E-state index contributed by atoms with van der Waals surface area (Å²) in [6, 6.07) is 56.7. The predicted octanol–water partition coefficient (Wildman–Crippen LogP) is 13.3. The lowest BCUT2D eigenvalue weighted by molar-refractivity contribution is 0.859. The van der Waals surface area contributed by atoms with Crippen LogP contribution in [0, 0.1) is 0 Å². The van der Waals surface area contributed by atoms with Gasteiger partial charge in [-0.05, 0) is 89.5 Å². The maximum atomic E-state index is 2.58. The first-order chi connectivity index (χ1) is 23.8. The summed E-state index contributed by atoms with van der Waals surface area (Å²) in [4.78, 5) is 1.41. The quantitative estimate of drug-likeness (QED) is 0.169. The van der Waals surface area contributed by atoms with Crippen molar-refractivity contribution < 1.29 is 0 Å². The van der Waals surface area contributed by atoms with Crippen LogP contribution in [0.15, 0.2) is 157 Å². The smallest absolute Gasteiger partial charge is 0.0461 e. The number of rotatable bonds is 2. The number of hydrogen-bond acceptors (Lipinski definition) is 2. The molecule has 0 N–H and O–H groups in total. The van der Waals surface area contributed by atoms with Crippen LogP contribution in [0.25, 0.3) is 75.3 Å². The molecule has 11 rings (SSSR count). The Labute approximate surface area is 287 Å². The van der Waals surface area contributed by atoms with Gasteiger partial charge in [0.1, 0.15) is 0 Å². The normalized spacial score (nSPS) is 16.8. The largest absolute Gasteiger partial charge is 0.135 e. The Bertz CT molecular complexity index is 2770. The molecule has 2 heteroatoms. The molecule has 224 valence electrons. The zero-order valence-corrected chi connectivity index (χ0v) is 27.6. The maximum absolute atomic E-state index is 2.58. The fourth-order valence-electron chi connectivity index (χ4n) is 8.66. The topological polar surface area (TPSA) is 0 Å². The van der Waals surface area contributed by atoms with Crippen molar-refractivity contribution in [3.05, 3.63) is 174 Å². The van der Waals surface area contributed by atoms with Gasteiger partial charge in [0.15, 0.2) is 0 Å². The van der Waals surface area contributed by atoms with Crippen molar-refractivity contribution in [3.8, 4) is 11.1 Å². The number of fused-ring (bicyclic) bond motifs is 12. The van der Waals surface area contributed by atoms with Crippen LogP contribution in [0.5, 0.6) is 0 Å². The van der Waals surface area contributed by atoms with E-state index >= 15 is 0 Å². The summed E-state index contributed by atoms with van der Waals surface area (Å²) in [5, 5.41) is 10.9.